The van der Waals surface area contributed by atoms with Gasteiger partial charge in [-0.05, 0) is 23.8 Å². The van der Waals surface area contributed by atoms with Gasteiger partial charge >= 0.3 is 0 Å². The summed E-state index contributed by atoms with van der Waals surface area (Å²) >= 11 is 0. The Labute approximate surface area is 185 Å². The van der Waals surface area contributed by atoms with Crippen LogP contribution >= 0.6 is 0 Å². The van der Waals surface area contributed by atoms with E-state index in [1.54, 1.807) is 12.1 Å². The van der Waals surface area contributed by atoms with Crippen LogP contribution in [0, 0.1) is 11.3 Å². The number of aromatic nitrogens is 1. The van der Waals surface area contributed by atoms with Crippen molar-refractivity contribution in [3.63, 3.8) is 0 Å². The van der Waals surface area contributed by atoms with Crippen LogP contribution in [0.15, 0.2) is 71.1 Å². The van der Waals surface area contributed by atoms with Crippen molar-refractivity contribution < 1.29 is 17.9 Å². The highest BCUT2D eigenvalue weighted by Gasteiger charge is 2.36. The van der Waals surface area contributed by atoms with Gasteiger partial charge in [-0.2, -0.15) is 5.26 Å². The lowest BCUT2D eigenvalue weighted by Gasteiger charge is -2.29. The number of amides is 1. The summed E-state index contributed by atoms with van der Waals surface area (Å²) in [4.78, 5) is 16.3. The number of nitrogens with zero attached hydrogens (tertiary/aromatic N) is 3. The van der Waals surface area contributed by atoms with E-state index in [1.165, 1.54) is 33.3 Å². The molecule has 1 amide bonds. The molecular formula is C23H20N4O4S. The largest absolute Gasteiger partial charge is 0.437 e. The number of rotatable bonds is 4. The number of allylic oxidation sites excluding steroid dienone is 1. The minimum Gasteiger partial charge on any atom is -0.437 e. The van der Waals surface area contributed by atoms with Gasteiger partial charge in [-0.1, -0.05) is 30.3 Å². The smallest absolute Gasteiger partial charge is 0.243 e. The van der Waals surface area contributed by atoms with Crippen molar-refractivity contribution in [2.75, 3.05) is 14.1 Å². The summed E-state index contributed by atoms with van der Waals surface area (Å²) < 4.78 is 33.4. The lowest BCUT2D eigenvalue weighted by Crippen LogP contribution is -2.30. The SMILES string of the molecule is CC(=O)NC1=C(C#N)C(c2ccccc2)c2cc(S(=O)(=O)N(C)C)c3cccnc3c2O1. The first-order valence-electron chi connectivity index (χ1n) is 9.74. The van der Waals surface area contributed by atoms with Crippen molar-refractivity contribution in [2.24, 2.45) is 0 Å². The average Bonchev–Trinajstić information content (AvgIpc) is 2.77. The third kappa shape index (κ3) is 3.49. The number of ether oxygens (including phenoxy) is 1. The lowest BCUT2D eigenvalue weighted by molar-refractivity contribution is -0.118. The van der Waals surface area contributed by atoms with Crippen molar-refractivity contribution in [1.29, 1.82) is 5.26 Å². The lowest BCUT2D eigenvalue weighted by atomic mass is 9.83. The van der Waals surface area contributed by atoms with Gasteiger partial charge in [0.25, 0.3) is 0 Å². The number of carbonyl (C=O) groups is 1. The quantitative estimate of drug-likeness (QED) is 0.657. The molecule has 0 spiro atoms. The van der Waals surface area contributed by atoms with Gasteiger partial charge in [0.1, 0.15) is 17.2 Å². The molecule has 1 N–H and O–H groups in total. The Hall–Kier alpha value is -3.74. The molecule has 2 heterocycles. The molecule has 1 aliphatic heterocycles. The molecule has 0 radical (unpaired) electrons. The summed E-state index contributed by atoms with van der Waals surface area (Å²) in [6, 6.07) is 16.2. The Bertz CT molecular complexity index is 1410. The zero-order valence-electron chi connectivity index (χ0n) is 17.7. The third-order valence-corrected chi connectivity index (χ3v) is 7.04. The van der Waals surface area contributed by atoms with Gasteiger partial charge in [-0.3, -0.25) is 15.1 Å². The standard InChI is InChI=1S/C23H20N4O4S/c1-14(28)26-23-18(13-24)20(15-8-5-4-6-9-15)17-12-19(32(29,30)27(2)3)16-10-7-11-25-21(16)22(17)31-23/h4-12,20H,1-3H3,(H,26,28). The number of carbonyl (C=O) groups excluding carboxylic acids is 1. The maximum atomic E-state index is 13.2. The fourth-order valence-electron chi connectivity index (χ4n) is 3.74. The first-order valence-corrected chi connectivity index (χ1v) is 11.2. The molecule has 32 heavy (non-hydrogen) atoms. The van der Waals surface area contributed by atoms with E-state index in [4.69, 9.17) is 4.74 Å². The topological polar surface area (TPSA) is 112 Å². The second-order valence-electron chi connectivity index (χ2n) is 7.46. The van der Waals surface area contributed by atoms with Crippen LogP contribution in [0.1, 0.15) is 24.0 Å². The van der Waals surface area contributed by atoms with E-state index in [0.717, 1.165) is 9.87 Å². The van der Waals surface area contributed by atoms with Crippen molar-refractivity contribution >= 4 is 26.8 Å². The minimum absolute atomic E-state index is 0.0107. The number of hydrogen-bond donors (Lipinski definition) is 1. The zero-order valence-corrected chi connectivity index (χ0v) is 18.5. The number of hydrogen-bond acceptors (Lipinski definition) is 6. The summed E-state index contributed by atoms with van der Waals surface area (Å²) in [5, 5.41) is 13.0. The Morgan fingerprint density at radius 3 is 2.53 bits per heavy atom. The van der Waals surface area contributed by atoms with Crippen molar-refractivity contribution in [3.05, 3.63) is 77.3 Å². The highest BCUT2D eigenvalue weighted by atomic mass is 32.2. The molecular weight excluding hydrogens is 428 g/mol. The molecule has 3 aromatic rings. The molecule has 0 saturated heterocycles. The third-order valence-electron chi connectivity index (χ3n) is 5.19. The van der Waals surface area contributed by atoms with Crippen LogP contribution in [0.5, 0.6) is 5.75 Å². The Morgan fingerprint density at radius 2 is 1.91 bits per heavy atom. The molecule has 0 bridgehead atoms. The molecule has 1 aromatic heterocycles. The fourth-order valence-corrected chi connectivity index (χ4v) is 4.85. The number of nitrogens with one attached hydrogen (secondary N) is 1. The van der Waals surface area contributed by atoms with Crippen LogP contribution in [0.3, 0.4) is 0 Å². The Balaban J connectivity index is 2.12. The summed E-state index contributed by atoms with van der Waals surface area (Å²) in [7, 11) is -0.918. The predicted octanol–water partition coefficient (Wildman–Crippen LogP) is 2.88. The van der Waals surface area contributed by atoms with E-state index in [2.05, 4.69) is 16.4 Å². The van der Waals surface area contributed by atoms with Gasteiger partial charge in [-0.25, -0.2) is 12.7 Å². The summed E-state index contributed by atoms with van der Waals surface area (Å²) in [6.45, 7) is 1.32. The number of benzene rings is 2. The number of pyridine rings is 1. The predicted molar refractivity (Wildman–Crippen MR) is 118 cm³/mol. The van der Waals surface area contributed by atoms with Crippen LogP contribution in [-0.2, 0) is 14.8 Å². The zero-order chi connectivity index (χ0) is 23.0. The number of nitriles is 1. The molecule has 8 nitrogen and oxygen atoms in total. The van der Waals surface area contributed by atoms with E-state index in [0.29, 0.717) is 22.2 Å². The molecule has 2 aromatic carbocycles. The van der Waals surface area contributed by atoms with Gasteiger partial charge in [0, 0.05) is 38.2 Å². The number of fused-ring (bicyclic) bond motifs is 3. The molecule has 0 fully saturated rings. The van der Waals surface area contributed by atoms with Crippen LogP contribution in [0.2, 0.25) is 0 Å². The molecule has 162 valence electrons. The molecule has 0 aliphatic carbocycles. The molecule has 0 saturated carbocycles. The fraction of sp³-hybridized carbons (Fsp3) is 0.174. The highest BCUT2D eigenvalue weighted by Crippen LogP contribution is 2.47. The van der Waals surface area contributed by atoms with E-state index in [9.17, 15) is 18.5 Å². The van der Waals surface area contributed by atoms with Crippen LogP contribution in [-0.4, -0.2) is 37.7 Å². The summed E-state index contributed by atoms with van der Waals surface area (Å²) in [5.41, 5.74) is 1.72. The monoisotopic (exact) mass is 448 g/mol. The minimum atomic E-state index is -3.83. The van der Waals surface area contributed by atoms with Gasteiger partial charge in [-0.15, -0.1) is 0 Å². The maximum Gasteiger partial charge on any atom is 0.243 e. The molecule has 4 rings (SSSR count). The molecule has 1 unspecified atom stereocenters. The van der Waals surface area contributed by atoms with Crippen molar-refractivity contribution in [3.8, 4) is 11.8 Å². The van der Waals surface area contributed by atoms with Crippen LogP contribution < -0.4 is 10.1 Å². The Morgan fingerprint density at radius 1 is 1.19 bits per heavy atom. The Kier molecular flexibility index (Phi) is 5.42. The summed E-state index contributed by atoms with van der Waals surface area (Å²) in [6.07, 6.45) is 1.54. The highest BCUT2D eigenvalue weighted by molar-refractivity contribution is 7.89. The van der Waals surface area contributed by atoms with Gasteiger partial charge in [0.15, 0.2) is 5.75 Å². The average molecular weight is 449 g/mol. The summed E-state index contributed by atoms with van der Waals surface area (Å²) in [5.74, 6) is -0.743. The number of sulfonamides is 1. The van der Waals surface area contributed by atoms with E-state index >= 15 is 0 Å². The second kappa shape index (κ2) is 8.07. The molecule has 9 heteroatoms. The van der Waals surface area contributed by atoms with Crippen molar-refractivity contribution in [2.45, 2.75) is 17.7 Å². The second-order valence-corrected chi connectivity index (χ2v) is 9.58. The van der Waals surface area contributed by atoms with Crippen LogP contribution in [0.4, 0.5) is 0 Å². The van der Waals surface area contributed by atoms with Gasteiger partial charge < -0.3 is 4.74 Å². The van der Waals surface area contributed by atoms with Crippen LogP contribution in [0.25, 0.3) is 10.9 Å². The van der Waals surface area contributed by atoms with Gasteiger partial charge in [0.2, 0.25) is 21.8 Å². The molecule has 1 aliphatic rings. The normalized spacial score (nSPS) is 15.8. The van der Waals surface area contributed by atoms with Crippen molar-refractivity contribution in [1.82, 2.24) is 14.6 Å². The van der Waals surface area contributed by atoms with E-state index < -0.39 is 21.8 Å². The van der Waals surface area contributed by atoms with E-state index in [-0.39, 0.29) is 16.4 Å². The maximum absolute atomic E-state index is 13.2. The molecule has 1 atom stereocenters. The van der Waals surface area contributed by atoms with E-state index in [1.807, 2.05) is 30.3 Å². The van der Waals surface area contributed by atoms with Gasteiger partial charge in [0.05, 0.1) is 10.8 Å². The first-order chi connectivity index (χ1) is 15.3. The first kappa shape index (κ1) is 21.5.